The van der Waals surface area contributed by atoms with E-state index in [1.165, 1.54) is 0 Å². The highest BCUT2D eigenvalue weighted by atomic mass is 79.9. The summed E-state index contributed by atoms with van der Waals surface area (Å²) in [5.41, 5.74) is 8.93. The lowest BCUT2D eigenvalue weighted by atomic mass is 10.1. The molecular formula is C16H15BrN2O. The molecular weight excluding hydrogens is 316 g/mol. The molecule has 3 rings (SSSR count). The molecule has 2 aromatic carbocycles. The smallest absolute Gasteiger partial charge is 0.134 e. The van der Waals surface area contributed by atoms with Crippen molar-refractivity contribution >= 4 is 32.6 Å². The number of nitrogens with one attached hydrogen (secondary N) is 1. The number of furan rings is 1. The van der Waals surface area contributed by atoms with Gasteiger partial charge in [-0.25, -0.2) is 0 Å². The van der Waals surface area contributed by atoms with Crippen molar-refractivity contribution < 1.29 is 4.42 Å². The fourth-order valence-electron chi connectivity index (χ4n) is 2.28. The third-order valence-electron chi connectivity index (χ3n) is 3.31. The van der Waals surface area contributed by atoms with Crippen molar-refractivity contribution in [3.8, 4) is 0 Å². The zero-order valence-electron chi connectivity index (χ0n) is 10.8. The maximum atomic E-state index is 5.92. The predicted octanol–water partition coefficient (Wildman–Crippen LogP) is 4.31. The Morgan fingerprint density at radius 1 is 1.10 bits per heavy atom. The average Bonchev–Trinajstić information content (AvgIpc) is 2.91. The van der Waals surface area contributed by atoms with Gasteiger partial charge in [0.1, 0.15) is 5.58 Å². The average molecular weight is 331 g/mol. The van der Waals surface area contributed by atoms with E-state index in [2.05, 4.69) is 27.3 Å². The van der Waals surface area contributed by atoms with Crippen LogP contribution in [-0.2, 0) is 0 Å². The molecule has 1 aromatic heterocycles. The number of hydrogen-bond donors (Lipinski definition) is 2. The van der Waals surface area contributed by atoms with Crippen LogP contribution in [0.5, 0.6) is 0 Å². The van der Waals surface area contributed by atoms with Crippen LogP contribution in [-0.4, -0.2) is 6.54 Å². The molecule has 20 heavy (non-hydrogen) atoms. The van der Waals surface area contributed by atoms with Crippen molar-refractivity contribution in [2.24, 2.45) is 5.73 Å². The summed E-state index contributed by atoms with van der Waals surface area (Å²) in [7, 11) is 0. The highest BCUT2D eigenvalue weighted by Gasteiger charge is 2.15. The predicted molar refractivity (Wildman–Crippen MR) is 85.8 cm³/mol. The molecule has 0 saturated carbocycles. The molecule has 102 valence electrons. The van der Waals surface area contributed by atoms with Gasteiger partial charge in [0.05, 0.1) is 12.3 Å². The summed E-state index contributed by atoms with van der Waals surface area (Å²) in [6.45, 7) is 0.500. The molecule has 0 aliphatic heterocycles. The summed E-state index contributed by atoms with van der Waals surface area (Å²) in [6, 6.07) is 16.1. The van der Waals surface area contributed by atoms with Crippen LogP contribution in [0.2, 0.25) is 0 Å². The molecule has 0 fully saturated rings. The Morgan fingerprint density at radius 3 is 2.60 bits per heavy atom. The number of rotatable bonds is 4. The van der Waals surface area contributed by atoms with E-state index in [0.717, 1.165) is 26.7 Å². The Hall–Kier alpha value is -1.78. The van der Waals surface area contributed by atoms with Crippen molar-refractivity contribution in [1.82, 2.24) is 0 Å². The first-order valence-electron chi connectivity index (χ1n) is 6.46. The quantitative estimate of drug-likeness (QED) is 0.749. The minimum atomic E-state index is 0.0276. The van der Waals surface area contributed by atoms with Crippen molar-refractivity contribution in [2.75, 3.05) is 11.9 Å². The number of anilines is 1. The van der Waals surface area contributed by atoms with Gasteiger partial charge in [0, 0.05) is 27.7 Å². The minimum Gasteiger partial charge on any atom is -0.464 e. The molecule has 0 radical (unpaired) electrons. The molecule has 4 heteroatoms. The Bertz CT molecular complexity index is 706. The lowest BCUT2D eigenvalue weighted by Gasteiger charge is -2.17. The number of halogens is 1. The third kappa shape index (κ3) is 2.57. The molecule has 0 aliphatic rings. The lowest BCUT2D eigenvalue weighted by Crippen LogP contribution is -2.20. The van der Waals surface area contributed by atoms with Gasteiger partial charge in [-0.1, -0.05) is 34.1 Å². The van der Waals surface area contributed by atoms with Crippen LogP contribution in [0.3, 0.4) is 0 Å². The van der Waals surface area contributed by atoms with Crippen LogP contribution in [0, 0.1) is 0 Å². The summed E-state index contributed by atoms with van der Waals surface area (Å²) >= 11 is 3.43. The van der Waals surface area contributed by atoms with E-state index >= 15 is 0 Å². The molecule has 0 saturated heterocycles. The zero-order chi connectivity index (χ0) is 13.9. The number of fused-ring (bicyclic) bond motifs is 1. The van der Waals surface area contributed by atoms with E-state index in [1.807, 2.05) is 42.5 Å². The first-order chi connectivity index (χ1) is 9.78. The van der Waals surface area contributed by atoms with E-state index in [1.54, 1.807) is 6.26 Å². The second-order valence-corrected chi connectivity index (χ2v) is 5.54. The Labute approximate surface area is 125 Å². The van der Waals surface area contributed by atoms with Crippen molar-refractivity contribution in [2.45, 2.75) is 6.04 Å². The largest absolute Gasteiger partial charge is 0.464 e. The molecule has 0 spiro atoms. The van der Waals surface area contributed by atoms with Crippen LogP contribution in [0.1, 0.15) is 11.6 Å². The molecule has 1 atom stereocenters. The maximum Gasteiger partial charge on any atom is 0.134 e. The van der Waals surface area contributed by atoms with Crippen molar-refractivity contribution in [3.05, 3.63) is 64.8 Å². The topological polar surface area (TPSA) is 51.2 Å². The van der Waals surface area contributed by atoms with E-state index in [-0.39, 0.29) is 6.04 Å². The molecule has 0 bridgehead atoms. The second kappa shape index (κ2) is 5.69. The first kappa shape index (κ1) is 13.2. The standard InChI is InChI=1S/C16H15BrN2O/c17-11-5-7-12(8-6-11)19-15(9-18)14-10-20-16-4-2-1-3-13(14)16/h1-8,10,15,19H,9,18H2. The highest BCUT2D eigenvalue weighted by molar-refractivity contribution is 9.10. The van der Waals surface area contributed by atoms with E-state index in [0.29, 0.717) is 6.54 Å². The minimum absolute atomic E-state index is 0.0276. The fraction of sp³-hybridized carbons (Fsp3) is 0.125. The van der Waals surface area contributed by atoms with Crippen LogP contribution in [0.15, 0.2) is 63.7 Å². The van der Waals surface area contributed by atoms with Gasteiger partial charge in [-0.2, -0.15) is 0 Å². The molecule has 0 amide bonds. The molecule has 1 unspecified atom stereocenters. The van der Waals surface area contributed by atoms with Gasteiger partial charge in [0.15, 0.2) is 0 Å². The van der Waals surface area contributed by atoms with Crippen LogP contribution >= 0.6 is 15.9 Å². The van der Waals surface area contributed by atoms with Crippen LogP contribution in [0.4, 0.5) is 5.69 Å². The summed E-state index contributed by atoms with van der Waals surface area (Å²) < 4.78 is 6.64. The number of benzene rings is 2. The van der Waals surface area contributed by atoms with Crippen LogP contribution in [0.25, 0.3) is 11.0 Å². The van der Waals surface area contributed by atoms with Crippen molar-refractivity contribution in [3.63, 3.8) is 0 Å². The maximum absolute atomic E-state index is 5.92. The second-order valence-electron chi connectivity index (χ2n) is 4.63. The van der Waals surface area contributed by atoms with E-state index < -0.39 is 0 Å². The van der Waals surface area contributed by atoms with Gasteiger partial charge in [0.25, 0.3) is 0 Å². The van der Waals surface area contributed by atoms with Gasteiger partial charge in [-0.3, -0.25) is 0 Å². The Balaban J connectivity index is 1.91. The van der Waals surface area contributed by atoms with E-state index in [9.17, 15) is 0 Å². The highest BCUT2D eigenvalue weighted by Crippen LogP contribution is 2.28. The first-order valence-corrected chi connectivity index (χ1v) is 7.25. The van der Waals surface area contributed by atoms with Gasteiger partial charge in [-0.05, 0) is 30.3 Å². The number of hydrogen-bond acceptors (Lipinski definition) is 3. The molecule has 1 heterocycles. The Morgan fingerprint density at radius 2 is 1.85 bits per heavy atom. The molecule has 3 aromatic rings. The van der Waals surface area contributed by atoms with Gasteiger partial charge in [-0.15, -0.1) is 0 Å². The number of nitrogens with two attached hydrogens (primary N) is 1. The molecule has 0 aliphatic carbocycles. The van der Waals surface area contributed by atoms with Gasteiger partial charge >= 0.3 is 0 Å². The van der Waals surface area contributed by atoms with Crippen LogP contribution < -0.4 is 11.1 Å². The zero-order valence-corrected chi connectivity index (χ0v) is 12.4. The SMILES string of the molecule is NCC(Nc1ccc(Br)cc1)c1coc2ccccc12. The Kier molecular flexibility index (Phi) is 3.76. The number of para-hydroxylation sites is 1. The lowest BCUT2D eigenvalue weighted by molar-refractivity contribution is 0.605. The molecule has 3 N–H and O–H groups in total. The van der Waals surface area contributed by atoms with E-state index in [4.69, 9.17) is 10.2 Å². The summed E-state index contributed by atoms with van der Waals surface area (Å²) in [4.78, 5) is 0. The summed E-state index contributed by atoms with van der Waals surface area (Å²) in [5, 5.41) is 4.55. The monoisotopic (exact) mass is 330 g/mol. The van der Waals surface area contributed by atoms with Gasteiger partial charge in [0.2, 0.25) is 0 Å². The fourth-order valence-corrected chi connectivity index (χ4v) is 2.54. The third-order valence-corrected chi connectivity index (χ3v) is 3.84. The van der Waals surface area contributed by atoms with Gasteiger partial charge < -0.3 is 15.5 Å². The normalized spacial score (nSPS) is 12.5. The summed E-state index contributed by atoms with van der Waals surface area (Å²) in [5.74, 6) is 0. The molecule has 3 nitrogen and oxygen atoms in total. The van der Waals surface area contributed by atoms with Crippen molar-refractivity contribution in [1.29, 1.82) is 0 Å². The summed E-state index contributed by atoms with van der Waals surface area (Å²) in [6.07, 6.45) is 1.79.